The van der Waals surface area contributed by atoms with Crippen molar-refractivity contribution in [1.82, 2.24) is 15.0 Å². The second-order valence-electron chi connectivity index (χ2n) is 5.73. The standard InChI is InChI=1S/C18H21FN4O3/c1-12-14-10-13(19)5-6-16(14)26-9-7-21-18(24)15-11-22-17(23(15)20-2)4-3-8-25-12/h3-6,10-12,20H,7-9H2,1-2H3,(H,21,24)/b4-3-. The van der Waals surface area contributed by atoms with E-state index >= 15 is 0 Å². The molecular weight excluding hydrogens is 339 g/mol. The number of imidazole rings is 1. The first-order valence-corrected chi connectivity index (χ1v) is 8.34. The van der Waals surface area contributed by atoms with Crippen LogP contribution in [0.25, 0.3) is 6.08 Å². The van der Waals surface area contributed by atoms with Gasteiger partial charge in [-0.05, 0) is 31.2 Å². The van der Waals surface area contributed by atoms with E-state index in [0.29, 0.717) is 36.0 Å². The van der Waals surface area contributed by atoms with Crippen LogP contribution in [0.3, 0.4) is 0 Å². The highest BCUT2D eigenvalue weighted by atomic mass is 19.1. The maximum Gasteiger partial charge on any atom is 0.271 e. The van der Waals surface area contributed by atoms with Gasteiger partial charge in [-0.2, -0.15) is 0 Å². The smallest absolute Gasteiger partial charge is 0.271 e. The molecule has 2 aromatic rings. The van der Waals surface area contributed by atoms with Gasteiger partial charge >= 0.3 is 0 Å². The minimum Gasteiger partial charge on any atom is -0.491 e. The Labute approximate surface area is 150 Å². The molecule has 3 rings (SSSR count). The Morgan fingerprint density at radius 2 is 2.27 bits per heavy atom. The van der Waals surface area contributed by atoms with Crippen LogP contribution in [0.2, 0.25) is 0 Å². The summed E-state index contributed by atoms with van der Waals surface area (Å²) in [6.45, 7) is 2.68. The summed E-state index contributed by atoms with van der Waals surface area (Å²) in [5.41, 5.74) is 3.94. The lowest BCUT2D eigenvalue weighted by Gasteiger charge is -2.17. The van der Waals surface area contributed by atoms with Crippen molar-refractivity contribution in [2.75, 3.05) is 32.2 Å². The number of nitrogens with one attached hydrogen (secondary N) is 2. The van der Waals surface area contributed by atoms with Crippen molar-refractivity contribution >= 4 is 12.0 Å². The molecule has 1 aliphatic heterocycles. The molecule has 1 atom stereocenters. The molecular formula is C18H21FN4O3. The van der Waals surface area contributed by atoms with Crippen molar-refractivity contribution < 1.29 is 18.7 Å². The summed E-state index contributed by atoms with van der Waals surface area (Å²) in [4.78, 5) is 16.6. The van der Waals surface area contributed by atoms with Crippen LogP contribution in [0, 0.1) is 5.82 Å². The Bertz CT molecular complexity index is 819. The number of hydrogen-bond acceptors (Lipinski definition) is 5. The number of hydrogen-bond donors (Lipinski definition) is 2. The molecule has 2 heterocycles. The molecule has 26 heavy (non-hydrogen) atoms. The summed E-state index contributed by atoms with van der Waals surface area (Å²) in [6.07, 6.45) is 4.68. The van der Waals surface area contributed by atoms with Gasteiger partial charge < -0.3 is 20.2 Å². The zero-order chi connectivity index (χ0) is 18.5. The third kappa shape index (κ3) is 3.85. The van der Waals surface area contributed by atoms with E-state index in [0.717, 1.165) is 0 Å². The quantitative estimate of drug-likeness (QED) is 0.815. The zero-order valence-electron chi connectivity index (χ0n) is 14.7. The fourth-order valence-corrected chi connectivity index (χ4v) is 2.71. The third-order valence-electron chi connectivity index (χ3n) is 4.01. The number of carbonyl (C=O) groups excluding carboxylic acids is 1. The van der Waals surface area contributed by atoms with Crippen molar-refractivity contribution in [2.45, 2.75) is 13.0 Å². The first-order chi connectivity index (χ1) is 12.6. The van der Waals surface area contributed by atoms with Gasteiger partial charge in [-0.15, -0.1) is 0 Å². The lowest BCUT2D eigenvalue weighted by Crippen LogP contribution is -2.31. The highest BCUT2D eigenvalue weighted by Gasteiger charge is 2.16. The maximum atomic E-state index is 13.6. The number of ether oxygens (including phenoxy) is 2. The SMILES string of the molecule is CNn1c2cnc1/C=C\COC(C)c1cc(F)ccc1OCCNC2=O. The molecule has 0 aliphatic carbocycles. The first kappa shape index (κ1) is 17.9. The molecule has 1 aliphatic rings. The maximum absolute atomic E-state index is 13.6. The Balaban J connectivity index is 1.87. The summed E-state index contributed by atoms with van der Waals surface area (Å²) in [7, 11) is 1.71. The van der Waals surface area contributed by atoms with Gasteiger partial charge in [-0.25, -0.2) is 14.1 Å². The number of halogens is 1. The average molecular weight is 360 g/mol. The normalized spacial score (nSPS) is 19.3. The highest BCUT2D eigenvalue weighted by Crippen LogP contribution is 2.28. The predicted octanol–water partition coefficient (Wildman–Crippen LogP) is 2.11. The molecule has 7 nitrogen and oxygen atoms in total. The van der Waals surface area contributed by atoms with Crippen molar-refractivity contribution in [3.05, 3.63) is 53.4 Å². The molecule has 1 unspecified atom stereocenters. The van der Waals surface area contributed by atoms with E-state index in [1.54, 1.807) is 29.9 Å². The highest BCUT2D eigenvalue weighted by molar-refractivity contribution is 5.92. The van der Waals surface area contributed by atoms with Gasteiger partial charge in [0.2, 0.25) is 0 Å². The molecule has 0 spiro atoms. The fraction of sp³-hybridized carbons (Fsp3) is 0.333. The van der Waals surface area contributed by atoms with E-state index in [4.69, 9.17) is 9.47 Å². The number of amides is 1. The van der Waals surface area contributed by atoms with E-state index in [-0.39, 0.29) is 24.4 Å². The molecule has 1 amide bonds. The van der Waals surface area contributed by atoms with Gasteiger partial charge in [0.15, 0.2) is 5.82 Å². The topological polar surface area (TPSA) is 77.4 Å². The largest absolute Gasteiger partial charge is 0.491 e. The predicted molar refractivity (Wildman–Crippen MR) is 95.1 cm³/mol. The van der Waals surface area contributed by atoms with Crippen LogP contribution in [0.15, 0.2) is 30.5 Å². The minimum absolute atomic E-state index is 0.246. The first-order valence-electron chi connectivity index (χ1n) is 8.34. The molecule has 138 valence electrons. The number of aromatic nitrogens is 2. The van der Waals surface area contributed by atoms with Crippen molar-refractivity contribution in [3.8, 4) is 5.75 Å². The Hall–Kier alpha value is -2.87. The molecule has 0 fully saturated rings. The van der Waals surface area contributed by atoms with Crippen LogP contribution >= 0.6 is 0 Å². The van der Waals surface area contributed by atoms with E-state index < -0.39 is 0 Å². The van der Waals surface area contributed by atoms with Gasteiger partial charge in [0.1, 0.15) is 23.9 Å². The van der Waals surface area contributed by atoms with Crippen molar-refractivity contribution in [2.24, 2.45) is 0 Å². The van der Waals surface area contributed by atoms with E-state index in [1.807, 2.05) is 6.92 Å². The summed E-state index contributed by atoms with van der Waals surface area (Å²) in [6, 6.07) is 4.31. The van der Waals surface area contributed by atoms with Gasteiger partial charge in [0, 0.05) is 12.6 Å². The van der Waals surface area contributed by atoms with Crippen LogP contribution in [0.4, 0.5) is 4.39 Å². The van der Waals surface area contributed by atoms with Gasteiger partial charge in [0.05, 0.1) is 25.5 Å². The van der Waals surface area contributed by atoms with E-state index in [2.05, 4.69) is 15.7 Å². The molecule has 0 saturated carbocycles. The van der Waals surface area contributed by atoms with Crippen LogP contribution in [-0.2, 0) is 4.74 Å². The van der Waals surface area contributed by atoms with Crippen LogP contribution in [-0.4, -0.2) is 42.4 Å². The molecule has 0 saturated heterocycles. The fourth-order valence-electron chi connectivity index (χ4n) is 2.71. The lowest BCUT2D eigenvalue weighted by atomic mass is 10.1. The van der Waals surface area contributed by atoms with Gasteiger partial charge in [-0.3, -0.25) is 4.79 Å². The van der Waals surface area contributed by atoms with Crippen LogP contribution in [0.1, 0.15) is 34.9 Å². The summed E-state index contributed by atoms with van der Waals surface area (Å²) >= 11 is 0. The van der Waals surface area contributed by atoms with Crippen LogP contribution < -0.4 is 15.5 Å². The molecule has 1 aromatic heterocycles. The summed E-state index contributed by atoms with van der Waals surface area (Å²) in [5, 5.41) is 2.78. The number of benzene rings is 1. The summed E-state index contributed by atoms with van der Waals surface area (Å²) < 4.78 is 26.7. The molecule has 2 bridgehead atoms. The van der Waals surface area contributed by atoms with Gasteiger partial charge in [0.25, 0.3) is 5.91 Å². The Morgan fingerprint density at radius 3 is 3.08 bits per heavy atom. The molecule has 8 heteroatoms. The number of rotatable bonds is 1. The minimum atomic E-state index is -0.357. The van der Waals surface area contributed by atoms with Crippen LogP contribution in [0.5, 0.6) is 5.75 Å². The summed E-state index contributed by atoms with van der Waals surface area (Å²) in [5.74, 6) is 0.488. The van der Waals surface area contributed by atoms with Crippen molar-refractivity contribution in [3.63, 3.8) is 0 Å². The van der Waals surface area contributed by atoms with E-state index in [9.17, 15) is 9.18 Å². The monoisotopic (exact) mass is 360 g/mol. The second-order valence-corrected chi connectivity index (χ2v) is 5.73. The molecule has 2 N–H and O–H groups in total. The third-order valence-corrected chi connectivity index (χ3v) is 4.01. The molecule has 1 aromatic carbocycles. The van der Waals surface area contributed by atoms with E-state index in [1.165, 1.54) is 18.3 Å². The zero-order valence-corrected chi connectivity index (χ0v) is 14.7. The number of nitrogens with zero attached hydrogens (tertiary/aromatic N) is 2. The number of fused-ring (bicyclic) bond motifs is 3. The lowest BCUT2D eigenvalue weighted by molar-refractivity contribution is 0.0855. The Kier molecular flexibility index (Phi) is 5.52. The number of carbonyl (C=O) groups is 1. The van der Waals surface area contributed by atoms with Gasteiger partial charge in [-0.1, -0.05) is 6.08 Å². The average Bonchev–Trinajstić information content (AvgIpc) is 3.05. The Morgan fingerprint density at radius 1 is 1.42 bits per heavy atom. The molecule has 0 radical (unpaired) electrons. The second kappa shape index (κ2) is 8.01. The van der Waals surface area contributed by atoms with Crippen molar-refractivity contribution in [1.29, 1.82) is 0 Å².